The Morgan fingerprint density at radius 2 is 2.00 bits per heavy atom. The molecule has 132 valence electrons. The summed E-state index contributed by atoms with van der Waals surface area (Å²) >= 11 is 1.44. The van der Waals surface area contributed by atoms with Crippen LogP contribution in [0, 0.1) is 0 Å². The highest BCUT2D eigenvalue weighted by Crippen LogP contribution is 2.45. The van der Waals surface area contributed by atoms with Gasteiger partial charge in [0, 0.05) is 25.0 Å². The van der Waals surface area contributed by atoms with E-state index in [0.717, 1.165) is 11.0 Å². The molecule has 1 aromatic rings. The number of amides is 2. The van der Waals surface area contributed by atoms with Gasteiger partial charge in [-0.2, -0.15) is 0 Å². The molecule has 0 aliphatic heterocycles. The highest BCUT2D eigenvalue weighted by atomic mass is 32.2. The van der Waals surface area contributed by atoms with Gasteiger partial charge in [-0.15, -0.1) is 10.2 Å². The molecule has 1 aromatic heterocycles. The third-order valence-corrected chi connectivity index (χ3v) is 5.24. The molecule has 0 atom stereocenters. The summed E-state index contributed by atoms with van der Waals surface area (Å²) in [5.74, 6) is 1.81. The van der Waals surface area contributed by atoms with Crippen molar-refractivity contribution in [3.63, 3.8) is 0 Å². The van der Waals surface area contributed by atoms with Crippen molar-refractivity contribution in [1.29, 1.82) is 0 Å². The maximum atomic E-state index is 12.4. The summed E-state index contributed by atoms with van der Waals surface area (Å²) < 4.78 is 2.25. The van der Waals surface area contributed by atoms with Gasteiger partial charge in [0.25, 0.3) is 0 Å². The van der Waals surface area contributed by atoms with E-state index in [-0.39, 0.29) is 18.4 Å². The van der Waals surface area contributed by atoms with E-state index in [4.69, 9.17) is 0 Å². The molecule has 2 saturated carbocycles. The Balaban J connectivity index is 1.58. The van der Waals surface area contributed by atoms with Crippen LogP contribution >= 0.6 is 11.8 Å². The Morgan fingerprint density at radius 3 is 2.58 bits per heavy atom. The molecule has 0 spiro atoms. The molecule has 2 aliphatic carbocycles. The molecule has 0 radical (unpaired) electrons. The number of thioether (sulfide) groups is 1. The van der Waals surface area contributed by atoms with Crippen molar-refractivity contribution in [2.75, 3.05) is 25.4 Å². The van der Waals surface area contributed by atoms with Gasteiger partial charge in [-0.1, -0.05) is 11.8 Å². The standard InChI is InChI=1S/C16H25N5O2S/c1-3-17-13(22)9-20(4-2)14(23)10-24-16-19-18-15(11-5-6-11)21(16)12-7-8-12/h11-12H,3-10H2,1-2H3,(H,17,22). The summed E-state index contributed by atoms with van der Waals surface area (Å²) in [7, 11) is 0. The third-order valence-electron chi connectivity index (χ3n) is 4.31. The summed E-state index contributed by atoms with van der Waals surface area (Å²) in [6, 6.07) is 0.519. The first-order valence-corrected chi connectivity index (χ1v) is 9.74. The van der Waals surface area contributed by atoms with Gasteiger partial charge in [-0.25, -0.2) is 0 Å². The average Bonchev–Trinajstić information content (AvgIpc) is 3.49. The molecule has 8 heteroatoms. The molecular weight excluding hydrogens is 326 g/mol. The fourth-order valence-electron chi connectivity index (χ4n) is 2.70. The van der Waals surface area contributed by atoms with E-state index >= 15 is 0 Å². The molecule has 0 bridgehead atoms. The fraction of sp³-hybridized carbons (Fsp3) is 0.750. The number of rotatable bonds is 9. The monoisotopic (exact) mass is 351 g/mol. The second-order valence-corrected chi connectivity index (χ2v) is 7.31. The van der Waals surface area contributed by atoms with E-state index in [1.807, 2.05) is 13.8 Å². The van der Waals surface area contributed by atoms with Crippen LogP contribution in [0.2, 0.25) is 0 Å². The number of nitrogens with one attached hydrogen (secondary N) is 1. The molecular formula is C16H25N5O2S. The van der Waals surface area contributed by atoms with Crippen molar-refractivity contribution >= 4 is 23.6 Å². The lowest BCUT2D eigenvalue weighted by molar-refractivity contribution is -0.133. The molecule has 1 N–H and O–H groups in total. The number of nitrogens with zero attached hydrogens (tertiary/aromatic N) is 4. The van der Waals surface area contributed by atoms with E-state index in [2.05, 4.69) is 20.1 Å². The Morgan fingerprint density at radius 1 is 1.25 bits per heavy atom. The first-order valence-electron chi connectivity index (χ1n) is 8.76. The lowest BCUT2D eigenvalue weighted by Gasteiger charge is -2.20. The maximum Gasteiger partial charge on any atom is 0.239 e. The molecule has 24 heavy (non-hydrogen) atoms. The van der Waals surface area contributed by atoms with E-state index in [1.165, 1.54) is 37.4 Å². The van der Waals surface area contributed by atoms with E-state index < -0.39 is 0 Å². The van der Waals surface area contributed by atoms with Crippen LogP contribution in [-0.4, -0.2) is 56.9 Å². The molecule has 1 heterocycles. The largest absolute Gasteiger partial charge is 0.355 e. The average molecular weight is 351 g/mol. The summed E-state index contributed by atoms with van der Waals surface area (Å²) in [4.78, 5) is 25.7. The molecule has 7 nitrogen and oxygen atoms in total. The highest BCUT2D eigenvalue weighted by molar-refractivity contribution is 7.99. The second-order valence-electron chi connectivity index (χ2n) is 6.37. The van der Waals surface area contributed by atoms with Gasteiger partial charge in [0.05, 0.1) is 12.3 Å². The minimum atomic E-state index is -0.116. The Bertz CT molecular complexity index is 610. The van der Waals surface area contributed by atoms with Crippen LogP contribution in [0.15, 0.2) is 5.16 Å². The van der Waals surface area contributed by atoms with Gasteiger partial charge in [-0.3, -0.25) is 9.59 Å². The van der Waals surface area contributed by atoms with Crippen molar-refractivity contribution in [1.82, 2.24) is 25.0 Å². The SMILES string of the molecule is CCNC(=O)CN(CC)C(=O)CSc1nnc(C2CC2)n1C1CC1. The number of hydrogen-bond acceptors (Lipinski definition) is 5. The van der Waals surface area contributed by atoms with Gasteiger partial charge in [-0.05, 0) is 39.5 Å². The zero-order valence-corrected chi connectivity index (χ0v) is 15.1. The van der Waals surface area contributed by atoms with Crippen LogP contribution < -0.4 is 5.32 Å². The smallest absolute Gasteiger partial charge is 0.239 e. The van der Waals surface area contributed by atoms with Crippen LogP contribution in [-0.2, 0) is 9.59 Å². The van der Waals surface area contributed by atoms with Gasteiger partial charge in [0.15, 0.2) is 5.16 Å². The molecule has 0 unspecified atom stereocenters. The molecule has 0 aromatic carbocycles. The highest BCUT2D eigenvalue weighted by Gasteiger charge is 2.36. The summed E-state index contributed by atoms with van der Waals surface area (Å²) in [5.41, 5.74) is 0. The Labute approximate surface area is 146 Å². The number of carbonyl (C=O) groups is 2. The summed E-state index contributed by atoms with van der Waals surface area (Å²) in [6.45, 7) is 4.98. The van der Waals surface area contributed by atoms with Crippen molar-refractivity contribution in [3.05, 3.63) is 5.82 Å². The summed E-state index contributed by atoms with van der Waals surface area (Å²) in [6.07, 6.45) is 4.75. The van der Waals surface area contributed by atoms with Gasteiger partial charge in [0.2, 0.25) is 11.8 Å². The van der Waals surface area contributed by atoms with Crippen LogP contribution in [0.3, 0.4) is 0 Å². The number of likely N-dealkylation sites (N-methyl/N-ethyl adjacent to an activating group) is 2. The normalized spacial score (nSPS) is 16.9. The third kappa shape index (κ3) is 4.09. The predicted octanol–water partition coefficient (Wildman–Crippen LogP) is 1.57. The molecule has 2 aliphatic rings. The van der Waals surface area contributed by atoms with Crippen molar-refractivity contribution in [3.8, 4) is 0 Å². The molecule has 2 fully saturated rings. The Kier molecular flexibility index (Phi) is 5.43. The van der Waals surface area contributed by atoms with Gasteiger partial charge >= 0.3 is 0 Å². The first kappa shape index (κ1) is 17.3. The topological polar surface area (TPSA) is 80.1 Å². The number of carbonyl (C=O) groups excluding carboxylic acids is 2. The lowest BCUT2D eigenvalue weighted by atomic mass is 10.4. The number of aromatic nitrogens is 3. The van der Waals surface area contributed by atoms with Gasteiger partial charge in [0.1, 0.15) is 5.82 Å². The summed E-state index contributed by atoms with van der Waals surface area (Å²) in [5, 5.41) is 12.2. The van der Waals surface area contributed by atoms with Gasteiger partial charge < -0.3 is 14.8 Å². The van der Waals surface area contributed by atoms with Crippen molar-refractivity contribution in [2.24, 2.45) is 0 Å². The zero-order valence-electron chi connectivity index (χ0n) is 14.3. The van der Waals surface area contributed by atoms with Crippen LogP contribution in [0.4, 0.5) is 0 Å². The minimum absolute atomic E-state index is 0.0351. The van der Waals surface area contributed by atoms with Crippen LogP contribution in [0.5, 0.6) is 0 Å². The minimum Gasteiger partial charge on any atom is -0.355 e. The van der Waals surface area contributed by atoms with Crippen molar-refractivity contribution < 1.29 is 9.59 Å². The van der Waals surface area contributed by atoms with E-state index in [1.54, 1.807) is 4.90 Å². The molecule has 0 saturated heterocycles. The zero-order chi connectivity index (χ0) is 17.1. The molecule has 2 amide bonds. The fourth-order valence-corrected chi connectivity index (χ4v) is 3.62. The number of hydrogen-bond donors (Lipinski definition) is 1. The molecule has 3 rings (SSSR count). The first-order chi connectivity index (χ1) is 11.6. The predicted molar refractivity (Wildman–Crippen MR) is 91.9 cm³/mol. The quantitative estimate of drug-likeness (QED) is 0.683. The van der Waals surface area contributed by atoms with Crippen molar-refractivity contribution in [2.45, 2.75) is 56.6 Å². The van der Waals surface area contributed by atoms with Crippen LogP contribution in [0.1, 0.15) is 57.3 Å². The second kappa shape index (κ2) is 7.55. The van der Waals surface area contributed by atoms with Crippen LogP contribution in [0.25, 0.3) is 0 Å². The Hall–Kier alpha value is -1.57. The van der Waals surface area contributed by atoms with E-state index in [0.29, 0.717) is 30.8 Å². The van der Waals surface area contributed by atoms with E-state index in [9.17, 15) is 9.59 Å². The maximum absolute atomic E-state index is 12.4. The lowest BCUT2D eigenvalue weighted by Crippen LogP contribution is -2.41.